The van der Waals surface area contributed by atoms with Gasteiger partial charge in [-0.1, -0.05) is 26.8 Å². The quantitative estimate of drug-likeness (QED) is 0.800. The van der Waals surface area contributed by atoms with Crippen molar-refractivity contribution < 1.29 is 0 Å². The van der Waals surface area contributed by atoms with Gasteiger partial charge in [-0.3, -0.25) is 4.40 Å². The number of imidazole rings is 1. The van der Waals surface area contributed by atoms with E-state index >= 15 is 0 Å². The summed E-state index contributed by atoms with van der Waals surface area (Å²) in [5, 5.41) is 3.35. The van der Waals surface area contributed by atoms with Crippen LogP contribution in [0.5, 0.6) is 0 Å². The van der Waals surface area contributed by atoms with Gasteiger partial charge in [0.2, 0.25) is 0 Å². The Morgan fingerprint density at radius 3 is 2.81 bits per heavy atom. The Labute approximate surface area is 124 Å². The predicted octanol–water partition coefficient (Wildman–Crippen LogP) is 3.25. The van der Waals surface area contributed by atoms with Crippen LogP contribution in [0, 0.1) is 5.41 Å². The van der Waals surface area contributed by atoms with Crippen LogP contribution in [0.1, 0.15) is 20.8 Å². The highest BCUT2D eigenvalue weighted by Gasteiger charge is 2.12. The molecule has 21 heavy (non-hydrogen) atoms. The van der Waals surface area contributed by atoms with Gasteiger partial charge >= 0.3 is 0 Å². The normalized spacial score (nSPS) is 11.8. The zero-order valence-electron chi connectivity index (χ0n) is 12.5. The molecule has 0 unspecified atom stereocenters. The minimum absolute atomic E-state index is 0.203. The van der Waals surface area contributed by atoms with Crippen molar-refractivity contribution in [2.45, 2.75) is 20.8 Å². The third-order valence-electron chi connectivity index (χ3n) is 3.10. The smallest absolute Gasteiger partial charge is 0.180 e. The Morgan fingerprint density at radius 1 is 1.14 bits per heavy atom. The Bertz CT molecular complexity index is 754. The van der Waals surface area contributed by atoms with Gasteiger partial charge in [0.25, 0.3) is 0 Å². The molecule has 0 aliphatic heterocycles. The third kappa shape index (κ3) is 3.02. The number of nitrogens with one attached hydrogen (secondary N) is 1. The van der Waals surface area contributed by atoms with Crippen molar-refractivity contribution >= 4 is 11.5 Å². The number of aromatic nitrogens is 4. The van der Waals surface area contributed by atoms with Crippen molar-refractivity contribution in [3.8, 4) is 11.5 Å². The standard InChI is InChI=1S/C16H19N5/c1-16(2,3)11-19-13-7-8-17-15(20-13)12-10-18-14-6-4-5-9-21(12)14/h4-10H,11H2,1-3H3,(H,17,19,20). The Kier molecular flexibility index (Phi) is 3.33. The fraction of sp³-hybridized carbons (Fsp3) is 0.312. The van der Waals surface area contributed by atoms with E-state index in [0.717, 1.165) is 23.7 Å². The van der Waals surface area contributed by atoms with Crippen molar-refractivity contribution in [1.29, 1.82) is 0 Å². The summed E-state index contributed by atoms with van der Waals surface area (Å²) < 4.78 is 1.99. The van der Waals surface area contributed by atoms with Crippen LogP contribution in [0.15, 0.2) is 42.9 Å². The van der Waals surface area contributed by atoms with Crippen molar-refractivity contribution in [2.75, 3.05) is 11.9 Å². The van der Waals surface area contributed by atoms with Gasteiger partial charge in [-0.15, -0.1) is 0 Å². The molecule has 0 aromatic carbocycles. The van der Waals surface area contributed by atoms with Crippen LogP contribution in [0.4, 0.5) is 5.82 Å². The first-order chi connectivity index (χ1) is 10.0. The number of rotatable bonds is 3. The van der Waals surface area contributed by atoms with Crippen molar-refractivity contribution in [3.63, 3.8) is 0 Å². The van der Waals surface area contributed by atoms with Crippen LogP contribution < -0.4 is 5.32 Å². The van der Waals surface area contributed by atoms with E-state index < -0.39 is 0 Å². The summed E-state index contributed by atoms with van der Waals surface area (Å²) in [6.45, 7) is 7.42. The summed E-state index contributed by atoms with van der Waals surface area (Å²) in [6, 6.07) is 7.79. The minimum Gasteiger partial charge on any atom is -0.369 e. The molecule has 3 aromatic heterocycles. The molecule has 0 amide bonds. The topological polar surface area (TPSA) is 55.1 Å². The second kappa shape index (κ2) is 5.16. The lowest BCUT2D eigenvalue weighted by Gasteiger charge is -2.19. The summed E-state index contributed by atoms with van der Waals surface area (Å²) in [5.41, 5.74) is 1.99. The monoisotopic (exact) mass is 281 g/mol. The van der Waals surface area contributed by atoms with E-state index in [1.54, 1.807) is 12.4 Å². The molecule has 0 radical (unpaired) electrons. The van der Waals surface area contributed by atoms with Gasteiger partial charge < -0.3 is 5.32 Å². The highest BCUT2D eigenvalue weighted by Crippen LogP contribution is 2.19. The van der Waals surface area contributed by atoms with Gasteiger partial charge in [0, 0.05) is 18.9 Å². The molecule has 0 atom stereocenters. The lowest BCUT2D eigenvalue weighted by atomic mass is 9.97. The van der Waals surface area contributed by atoms with Crippen LogP contribution in [-0.2, 0) is 0 Å². The molecule has 5 heteroatoms. The predicted molar refractivity (Wildman–Crippen MR) is 84.2 cm³/mol. The molecule has 0 spiro atoms. The van der Waals surface area contributed by atoms with Crippen LogP contribution in [0.25, 0.3) is 17.2 Å². The summed E-state index contributed by atoms with van der Waals surface area (Å²) in [4.78, 5) is 13.3. The minimum atomic E-state index is 0.203. The van der Waals surface area contributed by atoms with Crippen molar-refractivity contribution in [3.05, 3.63) is 42.9 Å². The molecule has 0 aliphatic carbocycles. The van der Waals surface area contributed by atoms with E-state index in [2.05, 4.69) is 41.0 Å². The average molecular weight is 281 g/mol. The molecular formula is C16H19N5. The van der Waals surface area contributed by atoms with Crippen LogP contribution in [0.2, 0.25) is 0 Å². The highest BCUT2D eigenvalue weighted by molar-refractivity contribution is 5.58. The molecule has 0 saturated heterocycles. The fourth-order valence-corrected chi connectivity index (χ4v) is 2.03. The van der Waals surface area contributed by atoms with Crippen LogP contribution in [-0.4, -0.2) is 25.9 Å². The first-order valence-electron chi connectivity index (χ1n) is 7.02. The third-order valence-corrected chi connectivity index (χ3v) is 3.10. The van der Waals surface area contributed by atoms with Gasteiger partial charge in [-0.25, -0.2) is 15.0 Å². The van der Waals surface area contributed by atoms with Gasteiger partial charge in [0.15, 0.2) is 5.82 Å². The zero-order valence-corrected chi connectivity index (χ0v) is 12.5. The molecule has 3 aromatic rings. The fourth-order valence-electron chi connectivity index (χ4n) is 2.03. The Hall–Kier alpha value is -2.43. The molecule has 0 bridgehead atoms. The second-order valence-corrected chi connectivity index (χ2v) is 6.25. The summed E-state index contributed by atoms with van der Waals surface area (Å²) in [5.74, 6) is 1.51. The van der Waals surface area contributed by atoms with E-state index in [1.807, 2.05) is 34.9 Å². The molecule has 5 nitrogen and oxygen atoms in total. The number of hydrogen-bond acceptors (Lipinski definition) is 4. The highest BCUT2D eigenvalue weighted by atomic mass is 15.1. The maximum absolute atomic E-state index is 4.59. The molecule has 0 aliphatic rings. The van der Waals surface area contributed by atoms with E-state index in [4.69, 9.17) is 0 Å². The number of hydrogen-bond donors (Lipinski definition) is 1. The molecule has 1 N–H and O–H groups in total. The van der Waals surface area contributed by atoms with Crippen LogP contribution in [0.3, 0.4) is 0 Å². The Morgan fingerprint density at radius 2 is 2.00 bits per heavy atom. The van der Waals surface area contributed by atoms with E-state index in [9.17, 15) is 0 Å². The zero-order chi connectivity index (χ0) is 14.9. The molecule has 3 heterocycles. The number of anilines is 1. The molecule has 0 saturated carbocycles. The van der Waals surface area contributed by atoms with Gasteiger partial charge in [-0.05, 0) is 23.6 Å². The number of fused-ring (bicyclic) bond motifs is 1. The average Bonchev–Trinajstić information content (AvgIpc) is 2.89. The summed E-state index contributed by atoms with van der Waals surface area (Å²) in [7, 11) is 0. The SMILES string of the molecule is CC(C)(C)CNc1ccnc(-c2cnc3ccccn23)n1. The van der Waals surface area contributed by atoms with Crippen LogP contribution >= 0.6 is 0 Å². The second-order valence-electron chi connectivity index (χ2n) is 6.25. The van der Waals surface area contributed by atoms with E-state index in [1.165, 1.54) is 0 Å². The first kappa shape index (κ1) is 13.5. The molecule has 3 rings (SSSR count). The number of pyridine rings is 1. The van der Waals surface area contributed by atoms with Crippen molar-refractivity contribution in [1.82, 2.24) is 19.4 Å². The first-order valence-corrected chi connectivity index (χ1v) is 7.02. The maximum Gasteiger partial charge on any atom is 0.180 e. The molecule has 0 fully saturated rings. The lowest BCUT2D eigenvalue weighted by Crippen LogP contribution is -2.19. The van der Waals surface area contributed by atoms with Gasteiger partial charge in [-0.2, -0.15) is 0 Å². The molecule has 108 valence electrons. The lowest BCUT2D eigenvalue weighted by molar-refractivity contribution is 0.442. The van der Waals surface area contributed by atoms with E-state index in [0.29, 0.717) is 5.82 Å². The maximum atomic E-state index is 4.59. The number of nitrogens with zero attached hydrogens (tertiary/aromatic N) is 4. The van der Waals surface area contributed by atoms with Crippen molar-refractivity contribution in [2.24, 2.45) is 5.41 Å². The summed E-state index contributed by atoms with van der Waals surface area (Å²) >= 11 is 0. The largest absolute Gasteiger partial charge is 0.369 e. The summed E-state index contributed by atoms with van der Waals surface area (Å²) in [6.07, 6.45) is 5.55. The van der Waals surface area contributed by atoms with Gasteiger partial charge in [0.1, 0.15) is 17.2 Å². The Balaban J connectivity index is 1.92. The van der Waals surface area contributed by atoms with E-state index in [-0.39, 0.29) is 5.41 Å². The molecular weight excluding hydrogens is 262 g/mol. The van der Waals surface area contributed by atoms with Gasteiger partial charge in [0.05, 0.1) is 6.20 Å².